The molecule has 1 N–H and O–H groups in total. The van der Waals surface area contributed by atoms with Crippen LogP contribution in [0.2, 0.25) is 0 Å². The van der Waals surface area contributed by atoms with Crippen molar-refractivity contribution in [2.75, 3.05) is 23.8 Å². The lowest BCUT2D eigenvalue weighted by Crippen LogP contribution is -2.23. The molecule has 0 aliphatic heterocycles. The van der Waals surface area contributed by atoms with Gasteiger partial charge >= 0.3 is 0 Å². The van der Waals surface area contributed by atoms with Crippen molar-refractivity contribution in [1.82, 2.24) is 15.0 Å². The number of hydrogen-bond donors (Lipinski definition) is 1. The fourth-order valence-corrected chi connectivity index (χ4v) is 2.94. The molecule has 0 unspecified atom stereocenters. The summed E-state index contributed by atoms with van der Waals surface area (Å²) in [6, 6.07) is 13.6. The second-order valence-electron chi connectivity index (χ2n) is 6.98. The predicted octanol–water partition coefficient (Wildman–Crippen LogP) is 3.93. The van der Waals surface area contributed by atoms with Crippen LogP contribution in [0.15, 0.2) is 61.2 Å². The molecule has 1 aromatic carbocycles. The molecule has 3 rings (SSSR count). The topological polar surface area (TPSA) is 71.0 Å². The van der Waals surface area contributed by atoms with Crippen LogP contribution in [0.1, 0.15) is 41.4 Å². The molecular weight excluding hydrogens is 350 g/mol. The van der Waals surface area contributed by atoms with E-state index in [-0.39, 0.29) is 5.91 Å². The molecular formula is C22H25N5O. The molecule has 0 fully saturated rings. The first-order valence-corrected chi connectivity index (χ1v) is 9.37. The summed E-state index contributed by atoms with van der Waals surface area (Å²) >= 11 is 0. The number of rotatable bonds is 7. The minimum absolute atomic E-state index is 0.237. The summed E-state index contributed by atoms with van der Waals surface area (Å²) in [5, 5.41) is 2.98. The van der Waals surface area contributed by atoms with E-state index in [1.807, 2.05) is 48.3 Å². The van der Waals surface area contributed by atoms with Gasteiger partial charge in [0.05, 0.1) is 0 Å². The van der Waals surface area contributed by atoms with E-state index >= 15 is 0 Å². The molecule has 0 bridgehead atoms. The van der Waals surface area contributed by atoms with E-state index in [0.29, 0.717) is 17.4 Å². The first kappa shape index (κ1) is 19.5. The normalized spacial score (nSPS) is 10.7. The molecule has 0 radical (unpaired) electrons. The number of likely N-dealkylation sites (N-methyl/N-ethyl adjacent to an activating group) is 1. The Kier molecular flexibility index (Phi) is 6.32. The number of anilines is 2. The van der Waals surface area contributed by atoms with Gasteiger partial charge in [-0.1, -0.05) is 32.0 Å². The molecule has 0 aliphatic carbocycles. The van der Waals surface area contributed by atoms with E-state index < -0.39 is 0 Å². The predicted molar refractivity (Wildman–Crippen MR) is 112 cm³/mol. The number of carbonyl (C=O) groups is 1. The zero-order valence-corrected chi connectivity index (χ0v) is 16.5. The SMILES string of the molecule is CC(C)c1ccccc1NC(=O)c1cc(N(C)CCc2ccncc2)ncn1. The molecule has 6 heteroatoms. The Morgan fingerprint density at radius 3 is 2.61 bits per heavy atom. The first-order chi connectivity index (χ1) is 13.5. The van der Waals surface area contributed by atoms with Crippen molar-refractivity contribution in [1.29, 1.82) is 0 Å². The molecule has 0 saturated carbocycles. The molecule has 2 heterocycles. The van der Waals surface area contributed by atoms with Gasteiger partial charge in [0.25, 0.3) is 5.91 Å². The Morgan fingerprint density at radius 1 is 1.11 bits per heavy atom. The van der Waals surface area contributed by atoms with Crippen molar-refractivity contribution in [3.8, 4) is 0 Å². The van der Waals surface area contributed by atoms with Crippen LogP contribution in [0.5, 0.6) is 0 Å². The second kappa shape index (κ2) is 9.08. The zero-order valence-electron chi connectivity index (χ0n) is 16.5. The molecule has 0 spiro atoms. The lowest BCUT2D eigenvalue weighted by Gasteiger charge is -2.18. The number of pyridine rings is 1. The van der Waals surface area contributed by atoms with E-state index in [0.717, 1.165) is 24.2 Å². The summed E-state index contributed by atoms with van der Waals surface area (Å²) in [6.45, 7) is 4.98. The van der Waals surface area contributed by atoms with Crippen LogP contribution in [-0.4, -0.2) is 34.5 Å². The van der Waals surface area contributed by atoms with E-state index in [1.54, 1.807) is 18.5 Å². The number of amides is 1. The van der Waals surface area contributed by atoms with Gasteiger partial charge in [-0.15, -0.1) is 0 Å². The number of carbonyl (C=O) groups excluding carboxylic acids is 1. The van der Waals surface area contributed by atoms with Gasteiger partial charge in [-0.2, -0.15) is 0 Å². The maximum Gasteiger partial charge on any atom is 0.274 e. The molecule has 6 nitrogen and oxygen atoms in total. The van der Waals surface area contributed by atoms with Crippen LogP contribution < -0.4 is 10.2 Å². The Balaban J connectivity index is 1.69. The number of aromatic nitrogens is 3. The molecule has 2 aromatic heterocycles. The monoisotopic (exact) mass is 375 g/mol. The van der Waals surface area contributed by atoms with Crippen LogP contribution in [-0.2, 0) is 6.42 Å². The van der Waals surface area contributed by atoms with E-state index in [4.69, 9.17) is 0 Å². The quantitative estimate of drug-likeness (QED) is 0.678. The zero-order chi connectivity index (χ0) is 19.9. The smallest absolute Gasteiger partial charge is 0.274 e. The van der Waals surface area contributed by atoms with E-state index in [9.17, 15) is 4.79 Å². The fraction of sp³-hybridized carbons (Fsp3) is 0.273. The Hall–Kier alpha value is -3.28. The van der Waals surface area contributed by atoms with E-state index in [1.165, 1.54) is 11.9 Å². The third kappa shape index (κ3) is 4.91. The Bertz CT molecular complexity index is 927. The minimum Gasteiger partial charge on any atom is -0.359 e. The summed E-state index contributed by atoms with van der Waals surface area (Å²) in [7, 11) is 1.96. The van der Waals surface area contributed by atoms with E-state index in [2.05, 4.69) is 34.1 Å². The lowest BCUT2D eigenvalue weighted by molar-refractivity contribution is 0.102. The summed E-state index contributed by atoms with van der Waals surface area (Å²) in [4.78, 5) is 27.2. The molecule has 3 aromatic rings. The number of nitrogens with one attached hydrogen (secondary N) is 1. The second-order valence-corrected chi connectivity index (χ2v) is 6.98. The van der Waals surface area contributed by atoms with Crippen molar-refractivity contribution in [3.63, 3.8) is 0 Å². The number of hydrogen-bond acceptors (Lipinski definition) is 5. The molecule has 144 valence electrons. The maximum absolute atomic E-state index is 12.7. The summed E-state index contributed by atoms with van der Waals surface area (Å²) in [6.07, 6.45) is 5.88. The molecule has 1 amide bonds. The Labute approximate surface area is 165 Å². The van der Waals surface area contributed by atoms with Crippen molar-refractivity contribution >= 4 is 17.4 Å². The highest BCUT2D eigenvalue weighted by Gasteiger charge is 2.14. The third-order valence-electron chi connectivity index (χ3n) is 4.59. The van der Waals surface area contributed by atoms with Crippen LogP contribution >= 0.6 is 0 Å². The van der Waals surface area contributed by atoms with Gasteiger partial charge in [-0.05, 0) is 41.7 Å². The highest BCUT2D eigenvalue weighted by molar-refractivity contribution is 6.03. The first-order valence-electron chi connectivity index (χ1n) is 9.37. The minimum atomic E-state index is -0.237. The number of nitrogens with zero attached hydrogens (tertiary/aromatic N) is 4. The highest BCUT2D eigenvalue weighted by atomic mass is 16.1. The van der Waals surface area contributed by atoms with Crippen molar-refractivity contribution in [2.24, 2.45) is 0 Å². The summed E-state index contributed by atoms with van der Waals surface area (Å²) in [5.74, 6) is 0.794. The Morgan fingerprint density at radius 2 is 1.86 bits per heavy atom. The number of benzene rings is 1. The van der Waals surface area contributed by atoms with Gasteiger partial charge in [0.15, 0.2) is 0 Å². The standard InChI is InChI=1S/C22H25N5O/c1-16(2)18-6-4-5-7-19(18)26-22(28)20-14-21(25-15-24-20)27(3)13-10-17-8-11-23-12-9-17/h4-9,11-12,14-16H,10,13H2,1-3H3,(H,26,28). The molecule has 0 saturated heterocycles. The van der Waals surface area contributed by atoms with Crippen molar-refractivity contribution in [3.05, 3.63) is 78.0 Å². The van der Waals surface area contributed by atoms with Crippen LogP contribution in [0.25, 0.3) is 0 Å². The number of para-hydroxylation sites is 1. The lowest BCUT2D eigenvalue weighted by atomic mass is 10.0. The molecule has 0 atom stereocenters. The average molecular weight is 375 g/mol. The van der Waals surface area contributed by atoms with Crippen molar-refractivity contribution < 1.29 is 4.79 Å². The van der Waals surface area contributed by atoms with Crippen molar-refractivity contribution in [2.45, 2.75) is 26.2 Å². The highest BCUT2D eigenvalue weighted by Crippen LogP contribution is 2.24. The largest absolute Gasteiger partial charge is 0.359 e. The van der Waals surface area contributed by atoms with Gasteiger partial charge < -0.3 is 10.2 Å². The van der Waals surface area contributed by atoms with Crippen LogP contribution in [0, 0.1) is 0 Å². The van der Waals surface area contributed by atoms with Gasteiger partial charge in [-0.25, -0.2) is 9.97 Å². The average Bonchev–Trinajstić information content (AvgIpc) is 2.73. The van der Waals surface area contributed by atoms with Gasteiger partial charge in [-0.3, -0.25) is 9.78 Å². The fourth-order valence-electron chi connectivity index (χ4n) is 2.94. The molecule has 0 aliphatic rings. The summed E-state index contributed by atoms with van der Waals surface area (Å²) < 4.78 is 0. The summed E-state index contributed by atoms with van der Waals surface area (Å²) in [5.41, 5.74) is 3.46. The van der Waals surface area contributed by atoms with Crippen LogP contribution in [0.4, 0.5) is 11.5 Å². The maximum atomic E-state index is 12.7. The van der Waals surface area contributed by atoms with Crippen LogP contribution in [0.3, 0.4) is 0 Å². The third-order valence-corrected chi connectivity index (χ3v) is 4.59. The van der Waals surface area contributed by atoms with Gasteiger partial charge in [0.1, 0.15) is 17.8 Å². The molecule has 28 heavy (non-hydrogen) atoms. The van der Waals surface area contributed by atoms with Gasteiger partial charge in [0.2, 0.25) is 0 Å². The van der Waals surface area contributed by atoms with Gasteiger partial charge in [0, 0.05) is 37.7 Å².